The summed E-state index contributed by atoms with van der Waals surface area (Å²) in [6.07, 6.45) is -2.30. The van der Waals surface area contributed by atoms with Crippen molar-refractivity contribution in [3.05, 3.63) is 72.9 Å². The van der Waals surface area contributed by atoms with Crippen molar-refractivity contribution in [2.24, 2.45) is 5.73 Å². The van der Waals surface area contributed by atoms with Crippen molar-refractivity contribution in [2.75, 3.05) is 23.4 Å². The first-order valence-electron chi connectivity index (χ1n) is 11.1. The number of nitrogens with one attached hydrogen (secondary N) is 4. The summed E-state index contributed by atoms with van der Waals surface area (Å²) in [5, 5.41) is 9.67. The van der Waals surface area contributed by atoms with Gasteiger partial charge in [-0.25, -0.2) is 4.79 Å². The predicted molar refractivity (Wildman–Crippen MR) is 134 cm³/mol. The van der Waals surface area contributed by atoms with Gasteiger partial charge in [-0.3, -0.25) is 28.9 Å². The minimum Gasteiger partial charge on any atom is -0.400 e. The van der Waals surface area contributed by atoms with Crippen LogP contribution in [-0.4, -0.2) is 39.4 Å². The number of aromatic amines is 1. The van der Waals surface area contributed by atoms with E-state index in [4.69, 9.17) is 5.73 Å². The zero-order chi connectivity index (χ0) is 27.8. The molecule has 0 bridgehead atoms. The lowest BCUT2D eigenvalue weighted by Gasteiger charge is -2.19. The molecule has 2 aliphatic rings. The molecule has 0 spiro atoms. The molecule has 1 unspecified atom stereocenters. The number of thioether (sulfide) groups is 1. The molecule has 4 rings (SSSR count). The van der Waals surface area contributed by atoms with Gasteiger partial charge < -0.3 is 26.6 Å². The van der Waals surface area contributed by atoms with Crippen molar-refractivity contribution in [1.82, 2.24) is 25.2 Å². The molecule has 2 aromatic heterocycles. The standard InChI is InChI=1S/C22H23F3N8O4S/c1-10-3-12(5-27-17(10)22(23,24)25)19-30-14(8-38-19)29-15(35)7-32-9-28-18-16(32)20(36)33(21(37)31-18)6-13(26)4-11(2)34/h3-5,8,19,28,30H,6-7,9,26H2,1-2H3,(H,29,35)(H,31,37). The Labute approximate surface area is 217 Å². The predicted octanol–water partition coefficient (Wildman–Crippen LogP) is 0.830. The number of carbonyl (C=O) groups excluding carboxylic acids is 2. The lowest BCUT2D eigenvalue weighted by Crippen LogP contribution is -2.42. The Kier molecular flexibility index (Phi) is 7.26. The summed E-state index contributed by atoms with van der Waals surface area (Å²) >= 11 is 1.25. The van der Waals surface area contributed by atoms with Crippen LogP contribution >= 0.6 is 11.8 Å². The maximum absolute atomic E-state index is 13.0. The highest BCUT2D eigenvalue weighted by atomic mass is 32.2. The first-order valence-corrected chi connectivity index (χ1v) is 12.1. The van der Waals surface area contributed by atoms with E-state index < -0.39 is 34.4 Å². The Morgan fingerprint density at radius 2 is 2.05 bits per heavy atom. The number of nitrogens with zero attached hydrogens (tertiary/aromatic N) is 3. The molecule has 16 heteroatoms. The van der Waals surface area contributed by atoms with Crippen LogP contribution in [0.2, 0.25) is 0 Å². The minimum absolute atomic E-state index is 0.0164. The number of H-pyrrole nitrogens is 1. The topological polar surface area (TPSA) is 167 Å². The Bertz CT molecular complexity index is 1480. The van der Waals surface area contributed by atoms with E-state index in [1.54, 1.807) is 5.41 Å². The molecule has 0 radical (unpaired) electrons. The third-order valence-corrected chi connectivity index (χ3v) is 6.58. The summed E-state index contributed by atoms with van der Waals surface area (Å²) in [6.45, 7) is 2.11. The second kappa shape index (κ2) is 10.3. The van der Waals surface area contributed by atoms with E-state index in [-0.39, 0.29) is 48.3 Å². The molecule has 2 aliphatic heterocycles. The number of fused-ring (bicyclic) bond motifs is 1. The number of hydrogen-bond acceptors (Lipinski definition) is 10. The molecule has 1 amide bonds. The number of allylic oxidation sites excluding steroid dienone is 2. The number of ketones is 1. The summed E-state index contributed by atoms with van der Waals surface area (Å²) < 4.78 is 39.8. The molecule has 38 heavy (non-hydrogen) atoms. The number of hydrogen-bond donors (Lipinski definition) is 5. The molecule has 6 N–H and O–H groups in total. The van der Waals surface area contributed by atoms with Gasteiger partial charge in [-0.2, -0.15) is 13.2 Å². The van der Waals surface area contributed by atoms with E-state index in [0.717, 1.165) is 16.8 Å². The number of aromatic nitrogens is 3. The third kappa shape index (κ3) is 5.69. The van der Waals surface area contributed by atoms with Gasteiger partial charge in [-0.1, -0.05) is 0 Å². The number of carbonyl (C=O) groups is 2. The fourth-order valence-electron chi connectivity index (χ4n) is 3.98. The highest BCUT2D eigenvalue weighted by Gasteiger charge is 2.35. The highest BCUT2D eigenvalue weighted by molar-refractivity contribution is 8.02. The first-order chi connectivity index (χ1) is 17.8. The van der Waals surface area contributed by atoms with Crippen LogP contribution in [0.5, 0.6) is 0 Å². The molecule has 0 saturated heterocycles. The third-order valence-electron chi connectivity index (χ3n) is 5.54. The number of anilines is 2. The summed E-state index contributed by atoms with van der Waals surface area (Å²) in [4.78, 5) is 56.8. The Balaban J connectivity index is 1.42. The van der Waals surface area contributed by atoms with E-state index in [2.05, 4.69) is 25.9 Å². The average Bonchev–Trinajstić information content (AvgIpc) is 3.42. The summed E-state index contributed by atoms with van der Waals surface area (Å²) in [6, 6.07) is 1.39. The Hall–Kier alpha value is -4.21. The molecular weight excluding hydrogens is 529 g/mol. The van der Waals surface area contributed by atoms with E-state index in [1.165, 1.54) is 36.6 Å². The van der Waals surface area contributed by atoms with Crippen LogP contribution in [0.15, 0.2) is 44.9 Å². The first kappa shape index (κ1) is 26.8. The van der Waals surface area contributed by atoms with Gasteiger partial charge in [0.15, 0.2) is 5.78 Å². The zero-order valence-corrected chi connectivity index (χ0v) is 20.9. The van der Waals surface area contributed by atoms with E-state index in [0.29, 0.717) is 11.4 Å². The highest BCUT2D eigenvalue weighted by Crippen LogP contribution is 2.36. The van der Waals surface area contributed by atoms with Crippen LogP contribution in [0, 0.1) is 6.92 Å². The summed E-state index contributed by atoms with van der Waals surface area (Å²) in [5.41, 5.74) is 3.93. The molecule has 0 aromatic carbocycles. The molecule has 202 valence electrons. The van der Waals surface area contributed by atoms with Gasteiger partial charge in [-0.05, 0) is 25.5 Å². The molecule has 0 fully saturated rings. The van der Waals surface area contributed by atoms with Gasteiger partial charge in [0.25, 0.3) is 5.56 Å². The van der Waals surface area contributed by atoms with Gasteiger partial charge in [0.05, 0.1) is 19.8 Å². The average molecular weight is 553 g/mol. The number of aryl methyl sites for hydroxylation is 1. The smallest absolute Gasteiger partial charge is 0.400 e. The minimum atomic E-state index is -4.55. The van der Waals surface area contributed by atoms with Gasteiger partial charge in [0, 0.05) is 28.9 Å². The van der Waals surface area contributed by atoms with Crippen molar-refractivity contribution in [3.8, 4) is 0 Å². The molecule has 1 atom stereocenters. The fourth-order valence-corrected chi connectivity index (χ4v) is 4.86. The number of pyridine rings is 1. The molecule has 2 aromatic rings. The lowest BCUT2D eigenvalue weighted by molar-refractivity contribution is -0.141. The molecule has 4 heterocycles. The molecule has 12 nitrogen and oxygen atoms in total. The van der Waals surface area contributed by atoms with Gasteiger partial charge in [0.1, 0.15) is 28.4 Å². The zero-order valence-electron chi connectivity index (χ0n) is 20.1. The normalized spacial score (nSPS) is 17.0. The second-order valence-electron chi connectivity index (χ2n) is 8.58. The lowest BCUT2D eigenvalue weighted by atomic mass is 10.1. The number of rotatable bonds is 7. The molecule has 0 saturated carbocycles. The maximum Gasteiger partial charge on any atom is 0.433 e. The van der Waals surface area contributed by atoms with E-state index in [1.807, 2.05) is 0 Å². The van der Waals surface area contributed by atoms with Crippen LogP contribution < -0.4 is 37.8 Å². The van der Waals surface area contributed by atoms with Crippen LogP contribution in [0.1, 0.15) is 29.1 Å². The van der Waals surface area contributed by atoms with Gasteiger partial charge in [0.2, 0.25) is 5.91 Å². The SMILES string of the molecule is CC(=O)C=C(N)Cn1c(=O)[nH]c2c(c1=O)N(CC(=O)NC1=CSC(c3cnc(C(F)(F)F)c(C)c3)N1)CN2. The van der Waals surface area contributed by atoms with Crippen molar-refractivity contribution < 1.29 is 22.8 Å². The number of alkyl halides is 3. The van der Waals surface area contributed by atoms with Crippen LogP contribution in [-0.2, 0) is 22.3 Å². The van der Waals surface area contributed by atoms with Crippen molar-refractivity contribution in [2.45, 2.75) is 31.9 Å². The Morgan fingerprint density at radius 1 is 1.32 bits per heavy atom. The van der Waals surface area contributed by atoms with Crippen LogP contribution in [0.25, 0.3) is 0 Å². The maximum atomic E-state index is 13.0. The van der Waals surface area contributed by atoms with Crippen molar-refractivity contribution in [1.29, 1.82) is 0 Å². The number of amides is 1. The van der Waals surface area contributed by atoms with Crippen molar-refractivity contribution in [3.63, 3.8) is 0 Å². The summed E-state index contributed by atoms with van der Waals surface area (Å²) in [5.74, 6) is -0.351. The van der Waals surface area contributed by atoms with E-state index >= 15 is 0 Å². The Morgan fingerprint density at radius 3 is 2.71 bits per heavy atom. The van der Waals surface area contributed by atoms with Crippen LogP contribution in [0.4, 0.5) is 24.7 Å². The monoisotopic (exact) mass is 552 g/mol. The fraction of sp³-hybridized carbons (Fsp3) is 0.318. The largest absolute Gasteiger partial charge is 0.433 e. The second-order valence-corrected chi connectivity index (χ2v) is 9.56. The molecule has 0 aliphatic carbocycles. The molecular formula is C22H23F3N8O4S. The number of halogens is 3. The van der Waals surface area contributed by atoms with Gasteiger partial charge >= 0.3 is 11.9 Å². The van der Waals surface area contributed by atoms with Gasteiger partial charge in [-0.15, -0.1) is 11.8 Å². The van der Waals surface area contributed by atoms with Crippen LogP contribution in [0.3, 0.4) is 0 Å². The number of nitrogens with two attached hydrogens (primary N) is 1. The van der Waals surface area contributed by atoms with Crippen molar-refractivity contribution >= 4 is 35.0 Å². The quantitative estimate of drug-likeness (QED) is 0.311. The summed E-state index contributed by atoms with van der Waals surface area (Å²) in [7, 11) is 0. The van der Waals surface area contributed by atoms with E-state index in [9.17, 15) is 32.3 Å².